The maximum absolute atomic E-state index is 12.2. The van der Waals surface area contributed by atoms with Gasteiger partial charge in [-0.05, 0) is 67.9 Å². The van der Waals surface area contributed by atoms with Crippen LogP contribution in [-0.2, 0) is 6.54 Å². The SMILES string of the molecule is O=C(NCc1cc[nH]c1)NC12CC3CC(CC(C3)C1)C2. The Morgan fingerprint density at radius 1 is 1.20 bits per heavy atom. The van der Waals surface area contributed by atoms with E-state index in [1.165, 1.54) is 38.5 Å². The van der Waals surface area contributed by atoms with Crippen LogP contribution >= 0.6 is 0 Å². The van der Waals surface area contributed by atoms with Crippen LogP contribution in [0.3, 0.4) is 0 Å². The highest BCUT2D eigenvalue weighted by Crippen LogP contribution is 2.55. The van der Waals surface area contributed by atoms with Crippen LogP contribution in [0.25, 0.3) is 0 Å². The number of hydrogen-bond acceptors (Lipinski definition) is 1. The van der Waals surface area contributed by atoms with E-state index in [9.17, 15) is 4.79 Å². The molecule has 0 unspecified atom stereocenters. The summed E-state index contributed by atoms with van der Waals surface area (Å²) in [6.07, 6.45) is 11.6. The molecule has 20 heavy (non-hydrogen) atoms. The van der Waals surface area contributed by atoms with Gasteiger partial charge in [-0.2, -0.15) is 0 Å². The Bertz CT molecular complexity index is 459. The van der Waals surface area contributed by atoms with Gasteiger partial charge in [0.25, 0.3) is 0 Å². The summed E-state index contributed by atoms with van der Waals surface area (Å²) in [5.74, 6) is 2.60. The summed E-state index contributed by atoms with van der Waals surface area (Å²) < 4.78 is 0. The quantitative estimate of drug-likeness (QED) is 0.779. The molecule has 5 rings (SSSR count). The molecule has 4 aliphatic carbocycles. The summed E-state index contributed by atoms with van der Waals surface area (Å²) in [4.78, 5) is 15.2. The highest BCUT2D eigenvalue weighted by molar-refractivity contribution is 5.74. The van der Waals surface area contributed by atoms with Gasteiger partial charge in [0.15, 0.2) is 0 Å². The van der Waals surface area contributed by atoms with Crippen LogP contribution < -0.4 is 10.6 Å². The number of rotatable bonds is 3. The van der Waals surface area contributed by atoms with Crippen LogP contribution in [0.4, 0.5) is 4.79 Å². The lowest BCUT2D eigenvalue weighted by molar-refractivity contribution is -0.0135. The van der Waals surface area contributed by atoms with Crippen molar-refractivity contribution in [2.45, 2.75) is 50.6 Å². The third-order valence-electron chi connectivity index (χ3n) is 5.53. The summed E-state index contributed by atoms with van der Waals surface area (Å²) >= 11 is 0. The number of aromatic amines is 1. The molecule has 108 valence electrons. The monoisotopic (exact) mass is 273 g/mol. The summed E-state index contributed by atoms with van der Waals surface area (Å²) in [6, 6.07) is 2.00. The van der Waals surface area contributed by atoms with Crippen LogP contribution in [0.15, 0.2) is 18.5 Å². The second kappa shape index (κ2) is 4.54. The van der Waals surface area contributed by atoms with Gasteiger partial charge in [-0.3, -0.25) is 0 Å². The fraction of sp³-hybridized carbons (Fsp3) is 0.688. The Labute approximate surface area is 119 Å². The van der Waals surface area contributed by atoms with Crippen molar-refractivity contribution in [2.75, 3.05) is 0 Å². The molecule has 0 radical (unpaired) electrons. The average Bonchev–Trinajstić information content (AvgIpc) is 2.87. The molecule has 4 bridgehead atoms. The van der Waals surface area contributed by atoms with E-state index in [1.54, 1.807) is 0 Å². The Morgan fingerprint density at radius 3 is 2.40 bits per heavy atom. The van der Waals surface area contributed by atoms with Crippen molar-refractivity contribution in [3.05, 3.63) is 24.0 Å². The summed E-state index contributed by atoms with van der Waals surface area (Å²) in [6.45, 7) is 0.599. The van der Waals surface area contributed by atoms with E-state index in [2.05, 4.69) is 15.6 Å². The predicted molar refractivity (Wildman–Crippen MR) is 77.1 cm³/mol. The molecular weight excluding hydrogens is 250 g/mol. The number of carbonyl (C=O) groups excluding carboxylic acids is 1. The van der Waals surface area contributed by atoms with Crippen LogP contribution in [0.1, 0.15) is 44.1 Å². The lowest BCUT2D eigenvalue weighted by Gasteiger charge is -2.56. The maximum atomic E-state index is 12.2. The van der Waals surface area contributed by atoms with Crippen LogP contribution in [0.2, 0.25) is 0 Å². The van der Waals surface area contributed by atoms with Gasteiger partial charge in [0, 0.05) is 24.5 Å². The third kappa shape index (κ3) is 2.21. The van der Waals surface area contributed by atoms with Gasteiger partial charge >= 0.3 is 6.03 Å². The normalized spacial score (nSPS) is 37.9. The van der Waals surface area contributed by atoms with Gasteiger partial charge in [0.05, 0.1) is 0 Å². The number of aromatic nitrogens is 1. The molecule has 4 fully saturated rings. The first kappa shape index (κ1) is 12.3. The molecule has 0 atom stereocenters. The smallest absolute Gasteiger partial charge is 0.315 e. The van der Waals surface area contributed by atoms with Crippen molar-refractivity contribution in [3.63, 3.8) is 0 Å². The molecule has 3 N–H and O–H groups in total. The van der Waals surface area contributed by atoms with Crippen molar-refractivity contribution in [1.82, 2.24) is 15.6 Å². The van der Waals surface area contributed by atoms with E-state index >= 15 is 0 Å². The Balaban J connectivity index is 1.37. The summed E-state index contributed by atoms with van der Waals surface area (Å²) in [7, 11) is 0. The molecule has 4 heteroatoms. The predicted octanol–water partition coefficient (Wildman–Crippen LogP) is 2.78. The van der Waals surface area contributed by atoms with Crippen molar-refractivity contribution >= 4 is 6.03 Å². The molecule has 1 aromatic rings. The molecule has 0 aliphatic heterocycles. The fourth-order valence-electron chi connectivity index (χ4n) is 5.20. The number of carbonyl (C=O) groups is 1. The Kier molecular flexibility index (Phi) is 2.79. The molecule has 4 aliphatic rings. The number of urea groups is 1. The molecule has 4 nitrogen and oxygen atoms in total. The lowest BCUT2D eigenvalue weighted by atomic mass is 9.53. The highest BCUT2D eigenvalue weighted by Gasteiger charge is 2.51. The van der Waals surface area contributed by atoms with Gasteiger partial charge in [-0.25, -0.2) is 4.79 Å². The lowest BCUT2D eigenvalue weighted by Crippen LogP contribution is -2.61. The third-order valence-corrected chi connectivity index (χ3v) is 5.53. The van der Waals surface area contributed by atoms with Gasteiger partial charge in [-0.15, -0.1) is 0 Å². The average molecular weight is 273 g/mol. The van der Waals surface area contributed by atoms with E-state index in [0.29, 0.717) is 6.54 Å². The zero-order valence-electron chi connectivity index (χ0n) is 11.8. The zero-order chi connectivity index (χ0) is 13.6. The molecule has 2 amide bonds. The molecule has 0 spiro atoms. The van der Waals surface area contributed by atoms with E-state index in [1.807, 2.05) is 18.5 Å². The first-order chi connectivity index (χ1) is 9.71. The van der Waals surface area contributed by atoms with Crippen LogP contribution in [-0.4, -0.2) is 16.6 Å². The molecule has 4 saturated carbocycles. The molecule has 1 aromatic heterocycles. The Morgan fingerprint density at radius 2 is 1.85 bits per heavy atom. The zero-order valence-corrected chi connectivity index (χ0v) is 11.8. The van der Waals surface area contributed by atoms with E-state index in [4.69, 9.17) is 0 Å². The highest BCUT2D eigenvalue weighted by atomic mass is 16.2. The van der Waals surface area contributed by atoms with Crippen LogP contribution in [0.5, 0.6) is 0 Å². The molecule has 1 heterocycles. The van der Waals surface area contributed by atoms with E-state index in [-0.39, 0.29) is 11.6 Å². The minimum absolute atomic E-state index is 0.00755. The topological polar surface area (TPSA) is 56.9 Å². The Hall–Kier alpha value is -1.45. The second-order valence-corrected chi connectivity index (χ2v) is 7.22. The first-order valence-corrected chi connectivity index (χ1v) is 7.88. The van der Waals surface area contributed by atoms with Crippen molar-refractivity contribution < 1.29 is 4.79 Å². The van der Waals surface area contributed by atoms with E-state index in [0.717, 1.165) is 23.3 Å². The largest absolute Gasteiger partial charge is 0.367 e. The number of nitrogens with one attached hydrogen (secondary N) is 3. The number of H-pyrrole nitrogens is 1. The second-order valence-electron chi connectivity index (χ2n) is 7.22. The summed E-state index contributed by atoms with van der Waals surface area (Å²) in [5, 5.41) is 6.32. The van der Waals surface area contributed by atoms with Crippen molar-refractivity contribution in [2.24, 2.45) is 17.8 Å². The molecular formula is C16H23N3O. The van der Waals surface area contributed by atoms with Gasteiger partial charge < -0.3 is 15.6 Å². The van der Waals surface area contributed by atoms with Crippen molar-refractivity contribution in [1.29, 1.82) is 0 Å². The van der Waals surface area contributed by atoms with Gasteiger partial charge in [0.1, 0.15) is 0 Å². The van der Waals surface area contributed by atoms with Crippen molar-refractivity contribution in [3.8, 4) is 0 Å². The van der Waals surface area contributed by atoms with E-state index < -0.39 is 0 Å². The van der Waals surface area contributed by atoms with Crippen LogP contribution in [0, 0.1) is 17.8 Å². The molecule has 0 aromatic carbocycles. The minimum atomic E-state index is 0.00755. The van der Waals surface area contributed by atoms with Gasteiger partial charge in [-0.1, -0.05) is 0 Å². The standard InChI is InChI=1S/C16H23N3O/c20-15(18-10-11-1-2-17-9-11)19-16-6-12-3-13(7-16)5-14(4-12)8-16/h1-2,9,12-14,17H,3-8,10H2,(H2,18,19,20). The molecule has 0 saturated heterocycles. The van der Waals surface area contributed by atoms with Gasteiger partial charge in [0.2, 0.25) is 0 Å². The number of hydrogen-bond donors (Lipinski definition) is 3. The first-order valence-electron chi connectivity index (χ1n) is 7.88. The summed E-state index contributed by atoms with van der Waals surface area (Å²) in [5.41, 5.74) is 1.22. The maximum Gasteiger partial charge on any atom is 0.315 e. The number of amides is 2. The fourth-order valence-corrected chi connectivity index (χ4v) is 5.20. The minimum Gasteiger partial charge on any atom is -0.367 e.